The van der Waals surface area contributed by atoms with E-state index in [1.54, 1.807) is 0 Å². The van der Waals surface area contributed by atoms with Crippen molar-refractivity contribution in [3.05, 3.63) is 0 Å². The number of hydrogen-bond donors (Lipinski definition) is 1. The number of likely N-dealkylation sites (tertiary alicyclic amines) is 1. The molecule has 1 rings (SSSR count). The van der Waals surface area contributed by atoms with Crippen LogP contribution in [-0.4, -0.2) is 49.7 Å². The Hall–Kier alpha value is -0.610. The van der Waals surface area contributed by atoms with Crippen molar-refractivity contribution in [2.75, 3.05) is 33.3 Å². The second kappa shape index (κ2) is 6.02. The summed E-state index contributed by atoms with van der Waals surface area (Å²) in [7, 11) is 2.15. The fourth-order valence-electron chi connectivity index (χ4n) is 1.98. The predicted octanol–water partition coefficient (Wildman–Crippen LogP) is 1.65. The largest absolute Gasteiger partial charge is 0.366 e. The number of amides is 1. The van der Waals surface area contributed by atoms with E-state index in [9.17, 15) is 4.79 Å². The van der Waals surface area contributed by atoms with E-state index >= 15 is 0 Å². The first-order valence-electron chi connectivity index (χ1n) is 6.79. The highest BCUT2D eigenvalue weighted by molar-refractivity contribution is 5.77. The van der Waals surface area contributed by atoms with Gasteiger partial charge in [0.2, 0.25) is 5.91 Å². The minimum Gasteiger partial charge on any atom is -0.366 e. The number of ether oxygens (including phenoxy) is 1. The van der Waals surface area contributed by atoms with E-state index in [1.165, 1.54) is 0 Å². The summed E-state index contributed by atoms with van der Waals surface area (Å²) < 4.78 is 5.46. The maximum atomic E-state index is 11.7. The van der Waals surface area contributed by atoms with Crippen molar-refractivity contribution >= 4 is 5.91 Å². The first-order valence-corrected chi connectivity index (χ1v) is 6.79. The van der Waals surface area contributed by atoms with Gasteiger partial charge in [-0.25, -0.2) is 0 Å². The van der Waals surface area contributed by atoms with Crippen LogP contribution in [0.4, 0.5) is 0 Å². The van der Waals surface area contributed by atoms with Crippen LogP contribution in [0.25, 0.3) is 0 Å². The summed E-state index contributed by atoms with van der Waals surface area (Å²) in [6, 6.07) is 0. The van der Waals surface area contributed by atoms with Gasteiger partial charge in [0.1, 0.15) is 6.61 Å². The molecule has 1 fully saturated rings. The summed E-state index contributed by atoms with van der Waals surface area (Å²) in [4.78, 5) is 14.0. The maximum Gasteiger partial charge on any atom is 0.246 e. The lowest BCUT2D eigenvalue weighted by atomic mass is 9.80. The van der Waals surface area contributed by atoms with Crippen LogP contribution in [0, 0.1) is 5.41 Å². The molecule has 0 spiro atoms. The van der Waals surface area contributed by atoms with Gasteiger partial charge in [0.25, 0.3) is 0 Å². The van der Waals surface area contributed by atoms with Gasteiger partial charge in [-0.15, -0.1) is 0 Å². The van der Waals surface area contributed by atoms with E-state index < -0.39 is 0 Å². The smallest absolute Gasteiger partial charge is 0.246 e. The molecule has 0 aromatic heterocycles. The third-order valence-electron chi connectivity index (χ3n) is 3.54. The first-order chi connectivity index (χ1) is 8.20. The number of carbonyl (C=O) groups is 1. The van der Waals surface area contributed by atoms with Gasteiger partial charge in [0, 0.05) is 6.54 Å². The van der Waals surface area contributed by atoms with E-state index in [-0.39, 0.29) is 23.5 Å². The van der Waals surface area contributed by atoms with Gasteiger partial charge in [0.15, 0.2) is 0 Å². The van der Waals surface area contributed by atoms with Crippen LogP contribution < -0.4 is 5.32 Å². The molecule has 0 aromatic rings. The Morgan fingerprint density at radius 1 is 1.33 bits per heavy atom. The predicted molar refractivity (Wildman–Crippen MR) is 73.6 cm³/mol. The zero-order valence-corrected chi connectivity index (χ0v) is 12.5. The van der Waals surface area contributed by atoms with E-state index in [0.717, 1.165) is 32.5 Å². The van der Waals surface area contributed by atoms with Gasteiger partial charge in [0.05, 0.1) is 5.60 Å². The summed E-state index contributed by atoms with van der Waals surface area (Å²) in [5.41, 5.74) is -0.0152. The number of nitrogens with zero attached hydrogens (tertiary/aromatic N) is 1. The highest BCUT2D eigenvalue weighted by Crippen LogP contribution is 2.29. The van der Waals surface area contributed by atoms with Crippen molar-refractivity contribution < 1.29 is 9.53 Å². The molecule has 0 saturated carbocycles. The monoisotopic (exact) mass is 256 g/mol. The summed E-state index contributed by atoms with van der Waals surface area (Å²) >= 11 is 0. The van der Waals surface area contributed by atoms with Gasteiger partial charge in [-0.05, 0) is 59.2 Å². The van der Waals surface area contributed by atoms with Gasteiger partial charge in [-0.3, -0.25) is 4.79 Å². The van der Waals surface area contributed by atoms with Crippen molar-refractivity contribution in [1.29, 1.82) is 0 Å². The average Bonchev–Trinajstić information content (AvgIpc) is 2.27. The lowest BCUT2D eigenvalue weighted by molar-refractivity contribution is -0.131. The lowest BCUT2D eigenvalue weighted by Crippen LogP contribution is -2.44. The van der Waals surface area contributed by atoms with Crippen LogP contribution in [0.3, 0.4) is 0 Å². The van der Waals surface area contributed by atoms with E-state index in [0.29, 0.717) is 0 Å². The fraction of sp³-hybridized carbons (Fsp3) is 0.929. The summed E-state index contributed by atoms with van der Waals surface area (Å²) in [6.07, 6.45) is 2.29. The summed E-state index contributed by atoms with van der Waals surface area (Å²) in [5, 5.41) is 3.00. The molecule has 0 aromatic carbocycles. The second-order valence-corrected chi connectivity index (χ2v) is 6.79. The molecule has 1 heterocycles. The molecule has 1 aliphatic heterocycles. The third-order valence-corrected chi connectivity index (χ3v) is 3.54. The summed E-state index contributed by atoms with van der Waals surface area (Å²) in [5.74, 6) is -0.00919. The van der Waals surface area contributed by atoms with Gasteiger partial charge in [-0.1, -0.05) is 6.92 Å². The molecule has 1 saturated heterocycles. The van der Waals surface area contributed by atoms with Crippen molar-refractivity contribution in [2.45, 2.75) is 46.1 Å². The Morgan fingerprint density at radius 2 is 1.89 bits per heavy atom. The number of nitrogens with one attached hydrogen (secondary N) is 1. The molecule has 18 heavy (non-hydrogen) atoms. The van der Waals surface area contributed by atoms with Crippen molar-refractivity contribution in [3.63, 3.8) is 0 Å². The molecule has 0 bridgehead atoms. The molecule has 1 amide bonds. The van der Waals surface area contributed by atoms with Crippen LogP contribution in [-0.2, 0) is 9.53 Å². The number of piperidine rings is 1. The van der Waals surface area contributed by atoms with Gasteiger partial charge in [-0.2, -0.15) is 0 Å². The molecule has 106 valence electrons. The Morgan fingerprint density at radius 3 is 2.39 bits per heavy atom. The molecule has 1 aliphatic rings. The number of rotatable bonds is 4. The Kier molecular flexibility index (Phi) is 5.17. The Balaban J connectivity index is 2.25. The zero-order chi connectivity index (χ0) is 13.8. The first kappa shape index (κ1) is 15.4. The molecule has 0 radical (unpaired) electrons. The second-order valence-electron chi connectivity index (χ2n) is 6.79. The highest BCUT2D eigenvalue weighted by Gasteiger charge is 2.29. The molecule has 1 N–H and O–H groups in total. The van der Waals surface area contributed by atoms with Gasteiger partial charge >= 0.3 is 0 Å². The number of carbonyl (C=O) groups excluding carboxylic acids is 1. The lowest BCUT2D eigenvalue weighted by Gasteiger charge is -2.38. The maximum absolute atomic E-state index is 11.7. The quantitative estimate of drug-likeness (QED) is 0.831. The van der Waals surface area contributed by atoms with Crippen LogP contribution in [0.2, 0.25) is 0 Å². The average molecular weight is 256 g/mol. The highest BCUT2D eigenvalue weighted by atomic mass is 16.5. The Bertz CT molecular complexity index is 276. The van der Waals surface area contributed by atoms with Gasteiger partial charge < -0.3 is 15.0 Å². The topological polar surface area (TPSA) is 41.6 Å². The van der Waals surface area contributed by atoms with Crippen molar-refractivity contribution in [1.82, 2.24) is 10.2 Å². The molecule has 0 aliphatic carbocycles. The van der Waals surface area contributed by atoms with Crippen molar-refractivity contribution in [2.24, 2.45) is 5.41 Å². The Labute approximate surface area is 111 Å². The van der Waals surface area contributed by atoms with Crippen LogP contribution in [0.1, 0.15) is 40.5 Å². The standard InChI is InChI=1S/C14H28N2O2/c1-13(2,3)18-10-12(17)15-11-14(4)6-8-16(5)9-7-14/h6-11H2,1-5H3,(H,15,17). The normalized spacial score (nSPS) is 20.7. The minimum absolute atomic E-state index is 0.00919. The van der Waals surface area contributed by atoms with E-state index in [1.807, 2.05) is 20.8 Å². The van der Waals surface area contributed by atoms with Crippen LogP contribution in [0.15, 0.2) is 0 Å². The molecule has 0 unspecified atom stereocenters. The van der Waals surface area contributed by atoms with Crippen LogP contribution >= 0.6 is 0 Å². The zero-order valence-electron chi connectivity index (χ0n) is 12.5. The third kappa shape index (κ3) is 5.83. The minimum atomic E-state index is -0.255. The molecule has 0 atom stereocenters. The van der Waals surface area contributed by atoms with Crippen LogP contribution in [0.5, 0.6) is 0 Å². The molecular weight excluding hydrogens is 228 g/mol. The van der Waals surface area contributed by atoms with E-state index in [4.69, 9.17) is 4.74 Å². The van der Waals surface area contributed by atoms with E-state index in [2.05, 4.69) is 24.2 Å². The number of hydrogen-bond acceptors (Lipinski definition) is 3. The molecule has 4 heteroatoms. The SMILES string of the molecule is CN1CCC(C)(CNC(=O)COC(C)(C)C)CC1. The van der Waals surface area contributed by atoms with Crippen molar-refractivity contribution in [3.8, 4) is 0 Å². The molecule has 4 nitrogen and oxygen atoms in total. The molecular formula is C14H28N2O2. The fourth-order valence-corrected chi connectivity index (χ4v) is 1.98. The summed E-state index contributed by atoms with van der Waals surface area (Å²) in [6.45, 7) is 11.3.